The molecule has 6 heteroatoms. The Labute approximate surface area is 181 Å². The van der Waals surface area contributed by atoms with E-state index in [1.807, 2.05) is 46.2 Å². The van der Waals surface area contributed by atoms with Crippen molar-refractivity contribution in [1.29, 1.82) is 0 Å². The van der Waals surface area contributed by atoms with Crippen LogP contribution in [-0.2, 0) is 33.8 Å². The van der Waals surface area contributed by atoms with Gasteiger partial charge in [-0.1, -0.05) is 48.0 Å². The number of fused-ring (bicyclic) bond motifs is 2. The molecule has 0 N–H and O–H groups in total. The normalized spacial score (nSPS) is 30.6. The van der Waals surface area contributed by atoms with Crippen LogP contribution in [0.3, 0.4) is 0 Å². The van der Waals surface area contributed by atoms with Crippen molar-refractivity contribution in [3.8, 4) is 0 Å². The molecule has 5 heterocycles. The smallest absolute Gasteiger partial charge is 0.230 e. The molecule has 0 saturated carbocycles. The first-order chi connectivity index (χ1) is 15.0. The van der Waals surface area contributed by atoms with E-state index in [9.17, 15) is 9.59 Å². The van der Waals surface area contributed by atoms with Gasteiger partial charge in [0.05, 0.1) is 24.5 Å². The van der Waals surface area contributed by atoms with Gasteiger partial charge in [-0.3, -0.25) is 14.6 Å². The quantitative estimate of drug-likeness (QED) is 0.722. The SMILES string of the molecule is Cc1cccc(CN2C[C@]34C=C[C@H](O3)[C@@H](C(=O)N3CCc5ncccc5C3)[C@H]4C2=O)c1. The molecule has 4 aliphatic rings. The van der Waals surface area contributed by atoms with E-state index in [1.165, 1.54) is 5.56 Å². The minimum atomic E-state index is -0.666. The first kappa shape index (κ1) is 18.8. The van der Waals surface area contributed by atoms with Gasteiger partial charge in [0.25, 0.3) is 0 Å². The van der Waals surface area contributed by atoms with Gasteiger partial charge >= 0.3 is 0 Å². The van der Waals surface area contributed by atoms with Crippen LogP contribution in [0.4, 0.5) is 0 Å². The van der Waals surface area contributed by atoms with Gasteiger partial charge in [-0.25, -0.2) is 0 Å². The van der Waals surface area contributed by atoms with E-state index in [2.05, 4.69) is 24.0 Å². The van der Waals surface area contributed by atoms with Crippen LogP contribution >= 0.6 is 0 Å². The third-order valence-electron chi connectivity index (χ3n) is 7.20. The van der Waals surface area contributed by atoms with E-state index in [4.69, 9.17) is 4.74 Å². The third kappa shape index (κ3) is 2.85. The Morgan fingerprint density at radius 3 is 3.06 bits per heavy atom. The number of likely N-dealkylation sites (tertiary alicyclic amines) is 1. The lowest BCUT2D eigenvalue weighted by molar-refractivity contribution is -0.144. The first-order valence-electron chi connectivity index (χ1n) is 11.0. The molecule has 6 nitrogen and oxygen atoms in total. The Kier molecular flexibility index (Phi) is 4.09. The van der Waals surface area contributed by atoms with Gasteiger partial charge in [0.2, 0.25) is 11.8 Å². The van der Waals surface area contributed by atoms with Crippen LogP contribution in [-0.4, -0.2) is 51.4 Å². The van der Waals surface area contributed by atoms with Crippen LogP contribution < -0.4 is 0 Å². The molecule has 6 rings (SSSR count). The van der Waals surface area contributed by atoms with Gasteiger partial charge in [0.15, 0.2) is 0 Å². The van der Waals surface area contributed by atoms with Gasteiger partial charge in [-0.15, -0.1) is 0 Å². The molecule has 2 fully saturated rings. The highest BCUT2D eigenvalue weighted by atomic mass is 16.5. The average Bonchev–Trinajstić information content (AvgIpc) is 3.41. The highest BCUT2D eigenvalue weighted by Crippen LogP contribution is 2.52. The second-order valence-electron chi connectivity index (χ2n) is 9.20. The maximum atomic E-state index is 13.6. The second-order valence-corrected chi connectivity index (χ2v) is 9.20. The van der Waals surface area contributed by atoms with Gasteiger partial charge in [0.1, 0.15) is 5.60 Å². The topological polar surface area (TPSA) is 62.7 Å². The summed E-state index contributed by atoms with van der Waals surface area (Å²) >= 11 is 0. The fraction of sp³-hybridized carbons (Fsp3) is 0.400. The molecule has 0 unspecified atom stereocenters. The fourth-order valence-corrected chi connectivity index (χ4v) is 5.79. The first-order valence-corrected chi connectivity index (χ1v) is 11.0. The zero-order valence-electron chi connectivity index (χ0n) is 17.5. The molecule has 4 atom stereocenters. The summed E-state index contributed by atoms with van der Waals surface area (Å²) in [5.41, 5.74) is 3.77. The number of aromatic nitrogens is 1. The molecule has 1 aromatic carbocycles. The van der Waals surface area contributed by atoms with Gasteiger partial charge < -0.3 is 14.5 Å². The van der Waals surface area contributed by atoms with Crippen molar-refractivity contribution >= 4 is 11.8 Å². The molecule has 1 spiro atoms. The van der Waals surface area contributed by atoms with E-state index in [1.54, 1.807) is 6.20 Å². The summed E-state index contributed by atoms with van der Waals surface area (Å²) < 4.78 is 6.31. The third-order valence-corrected chi connectivity index (χ3v) is 7.20. The number of hydrogen-bond acceptors (Lipinski definition) is 4. The van der Waals surface area contributed by atoms with Crippen LogP contribution in [0.2, 0.25) is 0 Å². The van der Waals surface area contributed by atoms with Crippen LogP contribution in [0.25, 0.3) is 0 Å². The van der Waals surface area contributed by atoms with E-state index >= 15 is 0 Å². The largest absolute Gasteiger partial charge is 0.360 e. The number of aryl methyl sites for hydroxylation is 1. The van der Waals surface area contributed by atoms with E-state index in [0.29, 0.717) is 26.2 Å². The molecule has 2 bridgehead atoms. The minimum Gasteiger partial charge on any atom is -0.360 e. The number of hydrogen-bond donors (Lipinski definition) is 0. The van der Waals surface area contributed by atoms with Crippen molar-refractivity contribution in [2.24, 2.45) is 11.8 Å². The zero-order chi connectivity index (χ0) is 21.2. The molecular formula is C25H25N3O3. The lowest BCUT2D eigenvalue weighted by atomic mass is 9.76. The minimum absolute atomic E-state index is 0.0292. The van der Waals surface area contributed by atoms with E-state index < -0.39 is 17.4 Å². The molecule has 31 heavy (non-hydrogen) atoms. The van der Waals surface area contributed by atoms with Crippen molar-refractivity contribution in [3.63, 3.8) is 0 Å². The van der Waals surface area contributed by atoms with Gasteiger partial charge in [-0.2, -0.15) is 0 Å². The second kappa shape index (κ2) is 6.76. The lowest BCUT2D eigenvalue weighted by Crippen LogP contribution is -2.47. The number of amides is 2. The fourth-order valence-electron chi connectivity index (χ4n) is 5.79. The summed E-state index contributed by atoms with van der Waals surface area (Å²) in [6, 6.07) is 12.2. The van der Waals surface area contributed by atoms with E-state index in [-0.39, 0.29) is 17.9 Å². The summed E-state index contributed by atoms with van der Waals surface area (Å²) in [7, 11) is 0. The summed E-state index contributed by atoms with van der Waals surface area (Å²) in [4.78, 5) is 35.3. The van der Waals surface area contributed by atoms with Crippen LogP contribution in [0.15, 0.2) is 54.7 Å². The molecule has 158 valence electrons. The monoisotopic (exact) mass is 415 g/mol. The molecule has 2 aromatic rings. The zero-order valence-corrected chi connectivity index (χ0v) is 17.5. The van der Waals surface area contributed by atoms with Gasteiger partial charge in [0, 0.05) is 37.9 Å². The molecule has 0 aliphatic carbocycles. The highest BCUT2D eigenvalue weighted by molar-refractivity contribution is 5.93. The summed E-state index contributed by atoms with van der Waals surface area (Å²) in [6.07, 6.45) is 6.25. The Morgan fingerprint density at radius 1 is 1.29 bits per heavy atom. The number of carbonyl (C=O) groups excluding carboxylic acids is 2. The lowest BCUT2D eigenvalue weighted by Gasteiger charge is -2.33. The number of benzene rings is 1. The molecular weight excluding hydrogens is 390 g/mol. The van der Waals surface area contributed by atoms with Gasteiger partial charge in [-0.05, 0) is 24.1 Å². The number of ether oxygens (including phenoxy) is 1. The van der Waals surface area contributed by atoms with Crippen molar-refractivity contribution < 1.29 is 14.3 Å². The van der Waals surface area contributed by atoms with Crippen molar-refractivity contribution in [1.82, 2.24) is 14.8 Å². The van der Waals surface area contributed by atoms with Crippen molar-refractivity contribution in [2.45, 2.75) is 38.1 Å². The van der Waals surface area contributed by atoms with E-state index in [0.717, 1.165) is 23.2 Å². The molecule has 2 saturated heterocycles. The Balaban J connectivity index is 1.25. The van der Waals surface area contributed by atoms with Crippen molar-refractivity contribution in [2.75, 3.05) is 13.1 Å². The molecule has 2 amide bonds. The summed E-state index contributed by atoms with van der Waals surface area (Å²) in [5, 5.41) is 0. The number of pyridine rings is 1. The number of nitrogens with zero attached hydrogens (tertiary/aromatic N) is 3. The maximum absolute atomic E-state index is 13.6. The Morgan fingerprint density at radius 2 is 2.19 bits per heavy atom. The number of rotatable bonds is 3. The van der Waals surface area contributed by atoms with Crippen molar-refractivity contribution in [3.05, 3.63) is 77.1 Å². The molecule has 4 aliphatic heterocycles. The number of carbonyl (C=O) groups is 2. The van der Waals surface area contributed by atoms with Crippen LogP contribution in [0.5, 0.6) is 0 Å². The summed E-state index contributed by atoms with van der Waals surface area (Å²) in [5.74, 6) is -0.819. The molecule has 0 radical (unpaired) electrons. The maximum Gasteiger partial charge on any atom is 0.230 e. The Hall–Kier alpha value is -2.99. The highest BCUT2D eigenvalue weighted by Gasteiger charge is 2.67. The van der Waals surface area contributed by atoms with Crippen LogP contribution in [0, 0.1) is 18.8 Å². The Bertz CT molecular complexity index is 1110. The molecule has 1 aromatic heterocycles. The predicted octanol–water partition coefficient (Wildman–Crippen LogP) is 2.26. The standard InChI is InChI=1S/C25H25N3O3/c1-16-4-2-5-17(12-16)13-28-15-25-9-7-20(31-25)21(22(25)24(28)30)23(29)27-11-8-19-18(14-27)6-3-10-26-19/h2-7,9-10,12,20-22H,8,11,13-15H2,1H3/t20-,21+,22-,25-/m0/s1. The summed E-state index contributed by atoms with van der Waals surface area (Å²) in [6.45, 7) is 4.29. The van der Waals surface area contributed by atoms with Crippen LogP contribution in [0.1, 0.15) is 22.4 Å². The predicted molar refractivity (Wildman–Crippen MR) is 114 cm³/mol. The average molecular weight is 415 g/mol.